The Bertz CT molecular complexity index is 437. The summed E-state index contributed by atoms with van der Waals surface area (Å²) in [4.78, 5) is 4.95. The maximum absolute atomic E-state index is 6.16. The minimum Gasteiger partial charge on any atom is -0.368 e. The average Bonchev–Trinajstić information content (AvgIpc) is 2.42. The van der Waals surface area contributed by atoms with Crippen LogP contribution in [0.4, 0.5) is 5.69 Å². The van der Waals surface area contributed by atoms with Crippen LogP contribution in [0.15, 0.2) is 18.2 Å². The van der Waals surface area contributed by atoms with Gasteiger partial charge < -0.3 is 10.2 Å². The summed E-state index contributed by atoms with van der Waals surface area (Å²) in [7, 11) is 2.22. The second kappa shape index (κ2) is 6.79. The van der Waals surface area contributed by atoms with Crippen molar-refractivity contribution >= 4 is 17.3 Å². The fourth-order valence-corrected chi connectivity index (χ4v) is 3.06. The summed E-state index contributed by atoms with van der Waals surface area (Å²) in [6.07, 6.45) is 0. The van der Waals surface area contributed by atoms with Crippen LogP contribution in [0.5, 0.6) is 0 Å². The molecule has 1 N–H and O–H groups in total. The highest BCUT2D eigenvalue weighted by molar-refractivity contribution is 6.30. The van der Waals surface area contributed by atoms with E-state index in [1.807, 2.05) is 6.07 Å². The van der Waals surface area contributed by atoms with E-state index in [1.165, 1.54) is 11.3 Å². The summed E-state index contributed by atoms with van der Waals surface area (Å²) in [5, 5.41) is 4.22. The number of likely N-dealkylation sites (N-methyl/N-ethyl adjacent to an activating group) is 1. The number of hydrogen-bond acceptors (Lipinski definition) is 3. The third kappa shape index (κ3) is 3.46. The Morgan fingerprint density at radius 3 is 2.50 bits per heavy atom. The van der Waals surface area contributed by atoms with Gasteiger partial charge in [-0.05, 0) is 51.2 Å². The Morgan fingerprint density at radius 2 is 1.90 bits per heavy atom. The maximum Gasteiger partial charge on any atom is 0.0413 e. The minimum atomic E-state index is 0.571. The molecular weight excluding hydrogens is 270 g/mol. The van der Waals surface area contributed by atoms with Crippen LogP contribution in [0.1, 0.15) is 26.3 Å². The zero-order valence-corrected chi connectivity index (χ0v) is 13.7. The Kier molecular flexibility index (Phi) is 5.30. The number of nitrogens with zero attached hydrogens (tertiary/aromatic N) is 2. The van der Waals surface area contributed by atoms with E-state index in [0.29, 0.717) is 12.1 Å². The predicted octanol–water partition coefficient (Wildman–Crippen LogP) is 2.98. The highest BCUT2D eigenvalue weighted by atomic mass is 35.5. The lowest BCUT2D eigenvalue weighted by atomic mass is 10.1. The van der Waals surface area contributed by atoms with Gasteiger partial charge in [-0.3, -0.25) is 4.90 Å². The van der Waals surface area contributed by atoms with Crippen molar-refractivity contribution in [2.45, 2.75) is 39.4 Å². The van der Waals surface area contributed by atoms with Crippen LogP contribution in [0.25, 0.3) is 0 Å². The Balaban J connectivity index is 2.23. The molecule has 1 aromatic carbocycles. The first-order valence-corrected chi connectivity index (χ1v) is 7.86. The third-order valence-electron chi connectivity index (χ3n) is 4.31. The molecule has 1 saturated heterocycles. The van der Waals surface area contributed by atoms with Crippen LogP contribution in [0.3, 0.4) is 0 Å². The van der Waals surface area contributed by atoms with E-state index in [4.69, 9.17) is 11.6 Å². The van der Waals surface area contributed by atoms with Gasteiger partial charge >= 0.3 is 0 Å². The van der Waals surface area contributed by atoms with E-state index in [2.05, 4.69) is 55.1 Å². The topological polar surface area (TPSA) is 18.5 Å². The van der Waals surface area contributed by atoms with Gasteiger partial charge in [0.05, 0.1) is 0 Å². The monoisotopic (exact) mass is 295 g/mol. The molecule has 1 heterocycles. The van der Waals surface area contributed by atoms with Gasteiger partial charge in [-0.2, -0.15) is 0 Å². The number of benzene rings is 1. The van der Waals surface area contributed by atoms with Crippen LogP contribution < -0.4 is 10.2 Å². The smallest absolute Gasteiger partial charge is 0.0413 e. The van der Waals surface area contributed by atoms with Gasteiger partial charge in [0.2, 0.25) is 0 Å². The Labute approximate surface area is 127 Å². The van der Waals surface area contributed by atoms with E-state index >= 15 is 0 Å². The van der Waals surface area contributed by atoms with E-state index in [0.717, 1.165) is 31.2 Å². The number of piperazine rings is 1. The van der Waals surface area contributed by atoms with Gasteiger partial charge in [0.1, 0.15) is 0 Å². The van der Waals surface area contributed by atoms with E-state index in [1.54, 1.807) is 0 Å². The summed E-state index contributed by atoms with van der Waals surface area (Å²) >= 11 is 6.16. The van der Waals surface area contributed by atoms with Crippen molar-refractivity contribution in [3.63, 3.8) is 0 Å². The SMILES string of the molecule is CCNCc1cc(Cl)ccc1N1CC(C)N(C)C(C)C1. The molecule has 2 unspecified atom stereocenters. The predicted molar refractivity (Wildman–Crippen MR) is 87.7 cm³/mol. The molecule has 112 valence electrons. The van der Waals surface area contributed by atoms with E-state index in [9.17, 15) is 0 Å². The van der Waals surface area contributed by atoms with Crippen molar-refractivity contribution in [3.8, 4) is 0 Å². The van der Waals surface area contributed by atoms with Crippen LogP contribution in [-0.2, 0) is 6.54 Å². The first-order valence-electron chi connectivity index (χ1n) is 7.49. The van der Waals surface area contributed by atoms with Crippen molar-refractivity contribution in [1.29, 1.82) is 0 Å². The summed E-state index contributed by atoms with van der Waals surface area (Å²) < 4.78 is 0. The van der Waals surface area contributed by atoms with Gasteiger partial charge in [0.15, 0.2) is 0 Å². The quantitative estimate of drug-likeness (QED) is 0.921. The zero-order valence-electron chi connectivity index (χ0n) is 13.0. The molecule has 0 saturated carbocycles. The largest absolute Gasteiger partial charge is 0.368 e. The van der Waals surface area contributed by atoms with Crippen molar-refractivity contribution in [1.82, 2.24) is 10.2 Å². The number of nitrogens with one attached hydrogen (secondary N) is 1. The standard InChI is InChI=1S/C16H26ClN3/c1-5-18-9-14-8-15(17)6-7-16(14)20-10-12(2)19(4)13(3)11-20/h6-8,12-13,18H,5,9-11H2,1-4H3. The lowest BCUT2D eigenvalue weighted by Gasteiger charge is -2.44. The van der Waals surface area contributed by atoms with Gasteiger partial charge in [-0.25, -0.2) is 0 Å². The molecule has 1 fully saturated rings. The molecule has 0 radical (unpaired) electrons. The second-order valence-electron chi connectivity index (χ2n) is 5.82. The van der Waals surface area contributed by atoms with Crippen LogP contribution in [-0.4, -0.2) is 43.7 Å². The second-order valence-corrected chi connectivity index (χ2v) is 6.26. The molecule has 0 amide bonds. The molecule has 1 aliphatic rings. The number of halogens is 1. The van der Waals surface area contributed by atoms with Gasteiger partial charge in [-0.15, -0.1) is 0 Å². The minimum absolute atomic E-state index is 0.571. The third-order valence-corrected chi connectivity index (χ3v) is 4.54. The average molecular weight is 296 g/mol. The fraction of sp³-hybridized carbons (Fsp3) is 0.625. The Morgan fingerprint density at radius 1 is 1.25 bits per heavy atom. The molecule has 2 atom stereocenters. The van der Waals surface area contributed by atoms with E-state index < -0.39 is 0 Å². The first-order chi connectivity index (χ1) is 9.52. The van der Waals surface area contributed by atoms with E-state index in [-0.39, 0.29) is 0 Å². The van der Waals surface area contributed by atoms with Gasteiger partial charge in [-0.1, -0.05) is 18.5 Å². The van der Waals surface area contributed by atoms with Crippen molar-refractivity contribution in [2.75, 3.05) is 31.6 Å². The molecule has 0 aliphatic carbocycles. The molecule has 0 spiro atoms. The van der Waals surface area contributed by atoms with Gasteiger partial charge in [0.25, 0.3) is 0 Å². The normalized spacial score (nSPS) is 24.1. The van der Waals surface area contributed by atoms with Crippen LogP contribution in [0, 0.1) is 0 Å². The van der Waals surface area contributed by atoms with Crippen LogP contribution in [0.2, 0.25) is 5.02 Å². The lowest BCUT2D eigenvalue weighted by Crippen LogP contribution is -2.55. The summed E-state index contributed by atoms with van der Waals surface area (Å²) in [5.41, 5.74) is 2.62. The highest BCUT2D eigenvalue weighted by Gasteiger charge is 2.27. The summed E-state index contributed by atoms with van der Waals surface area (Å²) in [5.74, 6) is 0. The lowest BCUT2D eigenvalue weighted by molar-refractivity contribution is 0.170. The molecule has 0 bridgehead atoms. The van der Waals surface area contributed by atoms with Crippen molar-refractivity contribution < 1.29 is 0 Å². The molecule has 2 rings (SSSR count). The molecule has 1 aliphatic heterocycles. The maximum atomic E-state index is 6.16. The fourth-order valence-electron chi connectivity index (χ4n) is 2.86. The molecule has 4 heteroatoms. The van der Waals surface area contributed by atoms with Gasteiger partial charge in [0, 0.05) is 42.4 Å². The number of rotatable bonds is 4. The zero-order chi connectivity index (χ0) is 14.7. The molecular formula is C16H26ClN3. The summed E-state index contributed by atoms with van der Waals surface area (Å²) in [6, 6.07) is 7.40. The van der Waals surface area contributed by atoms with Crippen molar-refractivity contribution in [3.05, 3.63) is 28.8 Å². The van der Waals surface area contributed by atoms with Crippen molar-refractivity contribution in [2.24, 2.45) is 0 Å². The molecule has 1 aromatic rings. The molecule has 20 heavy (non-hydrogen) atoms. The highest BCUT2D eigenvalue weighted by Crippen LogP contribution is 2.27. The summed E-state index contributed by atoms with van der Waals surface area (Å²) in [6.45, 7) is 10.7. The molecule has 3 nitrogen and oxygen atoms in total. The molecule has 0 aromatic heterocycles. The van der Waals surface area contributed by atoms with Crippen LogP contribution >= 0.6 is 11.6 Å². The number of anilines is 1. The number of hydrogen-bond donors (Lipinski definition) is 1. The Hall–Kier alpha value is -0.770. The first kappa shape index (κ1) is 15.6.